The van der Waals surface area contributed by atoms with Crippen LogP contribution in [-0.4, -0.2) is 61.4 Å². The van der Waals surface area contributed by atoms with Crippen LogP contribution in [-0.2, 0) is 14.8 Å². The van der Waals surface area contributed by atoms with Gasteiger partial charge in [-0.3, -0.25) is 4.79 Å². The van der Waals surface area contributed by atoms with Crippen molar-refractivity contribution in [3.05, 3.63) is 53.0 Å². The molecule has 1 N–H and O–H groups in total. The van der Waals surface area contributed by atoms with E-state index in [0.717, 1.165) is 8.78 Å². The minimum atomic E-state index is -3.91. The number of aliphatic carboxylic acids is 1. The second kappa shape index (κ2) is 7.97. The molecule has 0 radical (unpaired) electrons. The number of piperazine rings is 1. The van der Waals surface area contributed by atoms with Crippen LogP contribution in [0.1, 0.15) is 0 Å². The number of hydrogen-bond acceptors (Lipinski definition) is 5. The van der Waals surface area contributed by atoms with E-state index < -0.39 is 22.0 Å². The highest BCUT2D eigenvalue weighted by Crippen LogP contribution is 2.27. The third kappa shape index (κ3) is 4.49. The number of benzene rings is 2. The van der Waals surface area contributed by atoms with Crippen LogP contribution in [0.4, 0.5) is 0 Å². The van der Waals surface area contributed by atoms with Gasteiger partial charge in [0.1, 0.15) is 17.5 Å². The molecule has 1 heterocycles. The molecule has 1 aliphatic rings. The maximum absolute atomic E-state index is 12.9. The quantitative estimate of drug-likeness (QED) is 0.746. The van der Waals surface area contributed by atoms with Crippen LogP contribution in [0.25, 0.3) is 0 Å². The van der Waals surface area contributed by atoms with Gasteiger partial charge in [-0.25, -0.2) is 8.42 Å². The standard InChI is InChI=1S/C18H19BrN2O5S/c1-20-10-11-21(17(12-20)18(22)23)27(24,25)16-8-6-15(7-9-16)26-14-4-2-13(19)3-5-14/h2-9,17H,10-12H2,1H3,(H,22,23). The highest BCUT2D eigenvalue weighted by Gasteiger charge is 2.39. The van der Waals surface area contributed by atoms with E-state index >= 15 is 0 Å². The third-order valence-corrected chi connectivity index (χ3v) is 6.75. The smallest absolute Gasteiger partial charge is 0.323 e. The molecule has 3 rings (SSSR count). The molecule has 1 unspecified atom stereocenters. The van der Waals surface area contributed by atoms with Crippen LogP contribution in [0.3, 0.4) is 0 Å². The van der Waals surface area contributed by atoms with Crippen LogP contribution in [0, 0.1) is 0 Å². The first-order valence-electron chi connectivity index (χ1n) is 8.24. The first-order chi connectivity index (χ1) is 12.8. The summed E-state index contributed by atoms with van der Waals surface area (Å²) >= 11 is 3.35. The predicted octanol–water partition coefficient (Wildman–Crippen LogP) is 2.63. The summed E-state index contributed by atoms with van der Waals surface area (Å²) in [5.74, 6) is -0.0384. The molecule has 7 nitrogen and oxygen atoms in total. The summed E-state index contributed by atoms with van der Waals surface area (Å²) in [6, 6.07) is 12.1. The third-order valence-electron chi connectivity index (χ3n) is 4.30. The molecule has 2 aromatic rings. The van der Waals surface area contributed by atoms with E-state index in [1.807, 2.05) is 12.1 Å². The van der Waals surface area contributed by atoms with Gasteiger partial charge in [-0.05, 0) is 55.6 Å². The fraction of sp³-hybridized carbons (Fsp3) is 0.278. The molecule has 1 saturated heterocycles. The van der Waals surface area contributed by atoms with Crippen molar-refractivity contribution in [1.29, 1.82) is 0 Å². The first-order valence-corrected chi connectivity index (χ1v) is 10.5. The van der Waals surface area contributed by atoms with Crippen molar-refractivity contribution in [2.24, 2.45) is 0 Å². The van der Waals surface area contributed by atoms with Gasteiger partial charge < -0.3 is 14.7 Å². The number of rotatable bonds is 5. The molecule has 0 aliphatic carbocycles. The Kier molecular flexibility index (Phi) is 5.85. The molecule has 2 aromatic carbocycles. The lowest BCUT2D eigenvalue weighted by atomic mass is 10.2. The summed E-state index contributed by atoms with van der Waals surface area (Å²) in [6.45, 7) is 0.764. The van der Waals surface area contributed by atoms with Crippen LogP contribution >= 0.6 is 15.9 Å². The summed E-state index contributed by atoms with van der Waals surface area (Å²) in [6.07, 6.45) is 0. The summed E-state index contributed by atoms with van der Waals surface area (Å²) in [5, 5.41) is 9.41. The van der Waals surface area contributed by atoms with Gasteiger partial charge in [-0.1, -0.05) is 15.9 Å². The van der Waals surface area contributed by atoms with E-state index in [1.165, 1.54) is 12.1 Å². The number of ether oxygens (including phenoxy) is 1. The van der Waals surface area contributed by atoms with Gasteiger partial charge in [-0.15, -0.1) is 0 Å². The Hall–Kier alpha value is -1.94. The van der Waals surface area contributed by atoms with Crippen molar-refractivity contribution in [3.63, 3.8) is 0 Å². The predicted molar refractivity (Wildman–Crippen MR) is 103 cm³/mol. The highest BCUT2D eigenvalue weighted by molar-refractivity contribution is 9.10. The molecular weight excluding hydrogens is 436 g/mol. The number of sulfonamides is 1. The Labute approximate surface area is 166 Å². The maximum atomic E-state index is 12.9. The molecule has 27 heavy (non-hydrogen) atoms. The summed E-state index contributed by atoms with van der Waals surface area (Å²) in [7, 11) is -2.14. The summed E-state index contributed by atoms with van der Waals surface area (Å²) in [4.78, 5) is 13.4. The van der Waals surface area contributed by atoms with Gasteiger partial charge in [0, 0.05) is 24.1 Å². The second-order valence-electron chi connectivity index (χ2n) is 6.26. The van der Waals surface area contributed by atoms with Crippen LogP contribution in [0.2, 0.25) is 0 Å². The number of nitrogens with zero attached hydrogens (tertiary/aromatic N) is 2. The molecule has 0 amide bonds. The minimum Gasteiger partial charge on any atom is -0.480 e. The monoisotopic (exact) mass is 454 g/mol. The molecular formula is C18H19BrN2O5S. The molecule has 0 bridgehead atoms. The Bertz CT molecular complexity index is 916. The van der Waals surface area contributed by atoms with Crippen molar-refractivity contribution < 1.29 is 23.1 Å². The molecule has 0 aromatic heterocycles. The molecule has 1 atom stereocenters. The van der Waals surface area contributed by atoms with Crippen molar-refractivity contribution >= 4 is 31.9 Å². The number of likely N-dealkylation sites (N-methyl/N-ethyl adjacent to an activating group) is 1. The molecule has 0 saturated carbocycles. The van der Waals surface area contributed by atoms with E-state index in [2.05, 4.69) is 15.9 Å². The maximum Gasteiger partial charge on any atom is 0.323 e. The number of carbonyl (C=O) groups is 1. The second-order valence-corrected chi connectivity index (χ2v) is 9.07. The van der Waals surface area contributed by atoms with Crippen LogP contribution < -0.4 is 4.74 Å². The molecule has 1 fully saturated rings. The van der Waals surface area contributed by atoms with E-state index in [-0.39, 0.29) is 18.0 Å². The van der Waals surface area contributed by atoms with Gasteiger partial charge in [0.05, 0.1) is 4.90 Å². The number of carboxylic acids is 1. The molecule has 0 spiro atoms. The van der Waals surface area contributed by atoms with Gasteiger partial charge in [0.25, 0.3) is 0 Å². The highest BCUT2D eigenvalue weighted by atomic mass is 79.9. The fourth-order valence-corrected chi connectivity index (χ4v) is 4.67. The lowest BCUT2D eigenvalue weighted by molar-refractivity contribution is -0.143. The van der Waals surface area contributed by atoms with E-state index in [4.69, 9.17) is 4.74 Å². The Morgan fingerprint density at radius 1 is 1.07 bits per heavy atom. The van der Waals surface area contributed by atoms with Crippen molar-refractivity contribution in [2.75, 3.05) is 26.7 Å². The SMILES string of the molecule is CN1CCN(S(=O)(=O)c2ccc(Oc3ccc(Br)cc3)cc2)C(C(=O)O)C1. The van der Waals surface area contributed by atoms with Gasteiger partial charge in [-0.2, -0.15) is 4.31 Å². The fourth-order valence-electron chi connectivity index (χ4n) is 2.85. The Morgan fingerprint density at radius 3 is 2.19 bits per heavy atom. The van der Waals surface area contributed by atoms with Gasteiger partial charge >= 0.3 is 5.97 Å². The molecule has 1 aliphatic heterocycles. The van der Waals surface area contributed by atoms with Gasteiger partial charge in [0.2, 0.25) is 10.0 Å². The summed E-state index contributed by atoms with van der Waals surface area (Å²) < 4.78 is 33.5. The van der Waals surface area contributed by atoms with E-state index in [1.54, 1.807) is 36.2 Å². The average molecular weight is 455 g/mol. The summed E-state index contributed by atoms with van der Waals surface area (Å²) in [5.41, 5.74) is 0. The lowest BCUT2D eigenvalue weighted by Gasteiger charge is -2.36. The largest absolute Gasteiger partial charge is 0.480 e. The van der Waals surface area contributed by atoms with Crippen molar-refractivity contribution in [3.8, 4) is 11.5 Å². The van der Waals surface area contributed by atoms with Crippen LogP contribution in [0.15, 0.2) is 57.9 Å². The number of hydrogen-bond donors (Lipinski definition) is 1. The zero-order valence-corrected chi connectivity index (χ0v) is 17.0. The zero-order valence-electron chi connectivity index (χ0n) is 14.6. The average Bonchev–Trinajstić information content (AvgIpc) is 2.64. The number of halogens is 1. The lowest BCUT2D eigenvalue weighted by Crippen LogP contribution is -2.57. The van der Waals surface area contributed by atoms with Crippen molar-refractivity contribution in [2.45, 2.75) is 10.9 Å². The zero-order chi connectivity index (χ0) is 19.6. The number of carboxylic acid groups (broad SMARTS) is 1. The normalized spacial score (nSPS) is 19.0. The topological polar surface area (TPSA) is 87.2 Å². The van der Waals surface area contributed by atoms with Gasteiger partial charge in [0.15, 0.2) is 0 Å². The van der Waals surface area contributed by atoms with E-state index in [9.17, 15) is 18.3 Å². The molecule has 144 valence electrons. The molecule has 9 heteroatoms. The Morgan fingerprint density at radius 2 is 1.63 bits per heavy atom. The van der Waals surface area contributed by atoms with Crippen molar-refractivity contribution in [1.82, 2.24) is 9.21 Å². The first kappa shape index (κ1) is 19.8. The minimum absolute atomic E-state index is 0.0430. The van der Waals surface area contributed by atoms with E-state index in [0.29, 0.717) is 18.0 Å². The Balaban J connectivity index is 1.80. The van der Waals surface area contributed by atoms with Crippen LogP contribution in [0.5, 0.6) is 11.5 Å².